The Morgan fingerprint density at radius 3 is 2.57 bits per heavy atom. The molecule has 0 bridgehead atoms. The summed E-state index contributed by atoms with van der Waals surface area (Å²) in [5.41, 5.74) is 4.90. The van der Waals surface area contributed by atoms with Crippen molar-refractivity contribution in [2.75, 3.05) is 11.4 Å². The highest BCUT2D eigenvalue weighted by Gasteiger charge is 2.23. The van der Waals surface area contributed by atoms with Gasteiger partial charge in [-0.15, -0.1) is 0 Å². The number of nitrogens with two attached hydrogens (primary N) is 1. The van der Waals surface area contributed by atoms with E-state index >= 15 is 0 Å². The second-order valence-corrected chi connectivity index (χ2v) is 4.20. The minimum Gasteiger partial charge on any atom is -0.448 e. The number of hydrogen-bond donors (Lipinski definition) is 1. The molecule has 78 valence electrons. The first-order valence-electron chi connectivity index (χ1n) is 3.77. The molecule has 0 spiro atoms. The Labute approximate surface area is 88.9 Å². The molecule has 0 saturated carbocycles. The van der Waals surface area contributed by atoms with E-state index in [1.54, 1.807) is 6.07 Å². The molecule has 0 aliphatic heterocycles. The van der Waals surface area contributed by atoms with E-state index in [1.165, 1.54) is 12.1 Å². The lowest BCUT2D eigenvalue weighted by atomic mass is 9.98. The summed E-state index contributed by atoms with van der Waals surface area (Å²) in [6, 6.07) is 4.47. The second-order valence-electron chi connectivity index (χ2n) is 2.70. The van der Waals surface area contributed by atoms with E-state index in [1.807, 2.05) is 0 Å². The summed E-state index contributed by atoms with van der Waals surface area (Å²) in [6.45, 7) is -4.79. The van der Waals surface area contributed by atoms with E-state index in [-0.39, 0.29) is 0 Å². The minimum absolute atomic E-state index is 0.319. The predicted octanol–water partition coefficient (Wildman–Crippen LogP) is 3.40. The van der Waals surface area contributed by atoms with Gasteiger partial charge in [0.15, 0.2) is 0 Å². The Morgan fingerprint density at radius 1 is 1.36 bits per heavy atom. The molecule has 7 heteroatoms. The van der Waals surface area contributed by atoms with Crippen molar-refractivity contribution in [2.45, 2.75) is 4.90 Å². The fourth-order valence-electron chi connectivity index (χ4n) is 0.817. The summed E-state index contributed by atoms with van der Waals surface area (Å²) in [5.74, 6) is 0. The monoisotopic (exact) mass is 240 g/mol. The first-order valence-corrected chi connectivity index (χ1v) is 5.13. The van der Waals surface area contributed by atoms with Crippen LogP contribution in [-0.4, -0.2) is 12.6 Å². The van der Waals surface area contributed by atoms with Gasteiger partial charge in [0.25, 0.3) is 0 Å². The number of anilines is 1. The summed E-state index contributed by atoms with van der Waals surface area (Å²) in [6.07, 6.45) is 0. The molecule has 0 atom stereocenters. The first-order chi connectivity index (χ1) is 6.38. The predicted molar refractivity (Wildman–Crippen MR) is 55.7 cm³/mol. The molecule has 0 aliphatic rings. The molecular formula is C7H7BClF3NS-. The SMILES string of the molecule is Nc1ccc(Cl)cc1SC[B-](F)(F)F. The molecular weight excluding hydrogens is 233 g/mol. The van der Waals surface area contributed by atoms with Gasteiger partial charge in [0, 0.05) is 15.6 Å². The standard InChI is InChI=1S/C7H7BClF3NS/c9-5-1-2-6(13)7(3-5)14-4-8(10,11)12/h1-3H,4,13H2/q-1. The number of thioether (sulfide) groups is 1. The molecule has 0 heterocycles. The molecule has 0 unspecified atom stereocenters. The molecule has 14 heavy (non-hydrogen) atoms. The number of rotatable bonds is 3. The molecule has 1 aromatic carbocycles. The third-order valence-electron chi connectivity index (χ3n) is 1.40. The van der Waals surface area contributed by atoms with Crippen molar-refractivity contribution in [2.24, 2.45) is 0 Å². The van der Waals surface area contributed by atoms with Gasteiger partial charge in [0.05, 0.1) is 0 Å². The van der Waals surface area contributed by atoms with Crippen LogP contribution in [0.25, 0.3) is 0 Å². The highest BCUT2D eigenvalue weighted by atomic mass is 35.5. The Morgan fingerprint density at radius 2 is 2.00 bits per heavy atom. The van der Waals surface area contributed by atoms with Crippen LogP contribution in [0.4, 0.5) is 18.6 Å². The zero-order valence-corrected chi connectivity index (χ0v) is 8.59. The molecule has 1 aromatic rings. The Bertz CT molecular complexity index is 331. The van der Waals surface area contributed by atoms with Crippen LogP contribution in [0.5, 0.6) is 0 Å². The lowest BCUT2D eigenvalue weighted by Crippen LogP contribution is -2.19. The maximum Gasteiger partial charge on any atom is 0.488 e. The summed E-state index contributed by atoms with van der Waals surface area (Å²) < 4.78 is 35.8. The summed E-state index contributed by atoms with van der Waals surface area (Å²) in [7, 11) is 0. The summed E-state index contributed by atoms with van der Waals surface area (Å²) in [5, 5.41) is 0.386. The number of benzene rings is 1. The number of hydrogen-bond acceptors (Lipinski definition) is 2. The lowest BCUT2D eigenvalue weighted by Gasteiger charge is -2.13. The van der Waals surface area contributed by atoms with Crippen LogP contribution in [0.2, 0.25) is 5.02 Å². The van der Waals surface area contributed by atoms with Gasteiger partial charge in [-0.3, -0.25) is 0 Å². The quantitative estimate of drug-likeness (QED) is 0.498. The lowest BCUT2D eigenvalue weighted by molar-refractivity contribution is 0.485. The third kappa shape index (κ3) is 3.71. The van der Waals surface area contributed by atoms with Crippen molar-refractivity contribution in [1.82, 2.24) is 0 Å². The van der Waals surface area contributed by atoms with Gasteiger partial charge in [0.1, 0.15) is 0 Å². The molecule has 0 aromatic heterocycles. The van der Waals surface area contributed by atoms with Crippen molar-refractivity contribution in [3.8, 4) is 0 Å². The van der Waals surface area contributed by atoms with E-state index in [0.717, 1.165) is 0 Å². The van der Waals surface area contributed by atoms with Crippen LogP contribution in [0.15, 0.2) is 23.1 Å². The van der Waals surface area contributed by atoms with E-state index in [2.05, 4.69) is 0 Å². The smallest absolute Gasteiger partial charge is 0.448 e. The van der Waals surface area contributed by atoms with Crippen molar-refractivity contribution in [1.29, 1.82) is 0 Å². The van der Waals surface area contributed by atoms with Gasteiger partial charge in [-0.25, -0.2) is 0 Å². The average molecular weight is 240 g/mol. The fourth-order valence-corrected chi connectivity index (χ4v) is 1.87. The maximum atomic E-state index is 11.9. The highest BCUT2D eigenvalue weighted by Crippen LogP contribution is 2.30. The Hall–Kier alpha value is -0.485. The van der Waals surface area contributed by atoms with E-state index in [9.17, 15) is 12.9 Å². The van der Waals surface area contributed by atoms with Crippen LogP contribution >= 0.6 is 23.4 Å². The highest BCUT2D eigenvalue weighted by molar-refractivity contribution is 8.00. The number of nitrogen functional groups attached to an aromatic ring is 1. The van der Waals surface area contributed by atoms with Gasteiger partial charge in [-0.2, -0.15) is 11.8 Å². The van der Waals surface area contributed by atoms with Crippen molar-refractivity contribution >= 4 is 36.0 Å². The van der Waals surface area contributed by atoms with Crippen LogP contribution in [0.1, 0.15) is 0 Å². The molecule has 2 N–H and O–H groups in total. The molecule has 0 fully saturated rings. The van der Waals surface area contributed by atoms with Crippen molar-refractivity contribution in [3.63, 3.8) is 0 Å². The zero-order valence-electron chi connectivity index (χ0n) is 7.01. The molecule has 0 aliphatic carbocycles. The van der Waals surface area contributed by atoms with E-state index < -0.39 is 12.6 Å². The molecule has 0 radical (unpaired) electrons. The van der Waals surface area contributed by atoms with E-state index in [4.69, 9.17) is 17.3 Å². The second kappa shape index (κ2) is 4.36. The van der Waals surface area contributed by atoms with Crippen molar-refractivity contribution in [3.05, 3.63) is 23.2 Å². The van der Waals surface area contributed by atoms with Gasteiger partial charge in [-0.1, -0.05) is 11.6 Å². The van der Waals surface area contributed by atoms with E-state index in [0.29, 0.717) is 27.4 Å². The first kappa shape index (κ1) is 11.6. The van der Waals surface area contributed by atoms with Gasteiger partial charge in [0.2, 0.25) is 0 Å². The zero-order chi connectivity index (χ0) is 10.8. The largest absolute Gasteiger partial charge is 0.488 e. The molecule has 0 amide bonds. The fraction of sp³-hybridized carbons (Fsp3) is 0.143. The van der Waals surface area contributed by atoms with Gasteiger partial charge < -0.3 is 18.7 Å². The topological polar surface area (TPSA) is 26.0 Å². The average Bonchev–Trinajstić information content (AvgIpc) is 2.05. The molecule has 1 nitrogen and oxygen atoms in total. The van der Waals surface area contributed by atoms with Crippen LogP contribution in [-0.2, 0) is 0 Å². The maximum absolute atomic E-state index is 11.9. The number of halogens is 4. The summed E-state index contributed by atoms with van der Waals surface area (Å²) in [4.78, 5) is 0.372. The van der Waals surface area contributed by atoms with Crippen LogP contribution < -0.4 is 5.73 Å². The van der Waals surface area contributed by atoms with Crippen molar-refractivity contribution < 1.29 is 12.9 Å². The molecule has 0 saturated heterocycles. The summed E-state index contributed by atoms with van der Waals surface area (Å²) >= 11 is 6.28. The van der Waals surface area contributed by atoms with Crippen LogP contribution in [0.3, 0.4) is 0 Å². The van der Waals surface area contributed by atoms with Gasteiger partial charge >= 0.3 is 6.98 Å². The van der Waals surface area contributed by atoms with Crippen LogP contribution in [0, 0.1) is 0 Å². The normalized spacial score (nSPS) is 11.7. The molecule has 1 rings (SSSR count). The van der Waals surface area contributed by atoms with Gasteiger partial charge in [-0.05, 0) is 23.9 Å². The Kier molecular flexibility index (Phi) is 3.61. The Balaban J connectivity index is 2.72. The third-order valence-corrected chi connectivity index (χ3v) is 2.85. The minimum atomic E-state index is -4.79.